The molecule has 1 aliphatic rings. The number of nitrogens with zero attached hydrogens (tertiary/aromatic N) is 1. The minimum atomic E-state index is -0.279. The third kappa shape index (κ3) is 2.01. The molecule has 0 bridgehead atoms. The van der Waals surface area contributed by atoms with Crippen molar-refractivity contribution >= 4 is 5.69 Å². The molecule has 0 N–H and O–H groups in total. The Bertz CT molecular complexity index is 569. The molecule has 3 rings (SSSR count). The summed E-state index contributed by atoms with van der Waals surface area (Å²) in [6, 6.07) is 10.6. The molecule has 0 saturated carbocycles. The zero-order valence-corrected chi connectivity index (χ0v) is 9.57. The highest BCUT2D eigenvalue weighted by Crippen LogP contribution is 2.28. The first-order valence-corrected chi connectivity index (χ1v) is 5.64. The number of rotatable bonds is 1. The van der Waals surface area contributed by atoms with Gasteiger partial charge in [-0.15, -0.1) is 0 Å². The first-order valence-electron chi connectivity index (χ1n) is 5.64. The summed E-state index contributed by atoms with van der Waals surface area (Å²) in [4.78, 5) is 1.92. The van der Waals surface area contributed by atoms with Gasteiger partial charge >= 0.3 is 0 Å². The molecule has 0 aliphatic carbocycles. The Morgan fingerprint density at radius 1 is 0.944 bits per heavy atom. The maximum Gasteiger partial charge on any atom is 0.161 e. The van der Waals surface area contributed by atoms with Crippen LogP contribution >= 0.6 is 0 Å². The van der Waals surface area contributed by atoms with Crippen molar-refractivity contribution in [2.75, 3.05) is 11.6 Å². The third-order valence-electron chi connectivity index (χ3n) is 2.95. The topological polar surface area (TPSA) is 12.5 Å². The van der Waals surface area contributed by atoms with Crippen LogP contribution in [0.1, 0.15) is 5.56 Å². The highest BCUT2D eigenvalue weighted by Gasteiger charge is 2.18. The minimum absolute atomic E-state index is 0.275. The molecule has 18 heavy (non-hydrogen) atoms. The Kier molecular flexibility index (Phi) is 2.63. The summed E-state index contributed by atoms with van der Waals surface area (Å²) < 4.78 is 31.5. The molecule has 0 aromatic heterocycles. The Morgan fingerprint density at radius 3 is 2.44 bits per heavy atom. The lowest BCUT2D eigenvalue weighted by Gasteiger charge is -2.30. The van der Waals surface area contributed by atoms with E-state index in [1.54, 1.807) is 18.2 Å². The van der Waals surface area contributed by atoms with Crippen molar-refractivity contribution in [3.05, 3.63) is 59.7 Å². The van der Waals surface area contributed by atoms with Gasteiger partial charge in [0.15, 0.2) is 6.73 Å². The standard InChI is InChI=1S/C14H11F2NO/c15-11-1-4-13(5-2-11)17-8-10-7-12(16)3-6-14(10)18-9-17/h1-7H,8-9H2. The summed E-state index contributed by atoms with van der Waals surface area (Å²) in [5, 5.41) is 0. The van der Waals surface area contributed by atoms with E-state index in [0.717, 1.165) is 11.3 Å². The number of ether oxygens (including phenoxy) is 1. The van der Waals surface area contributed by atoms with Gasteiger partial charge < -0.3 is 9.64 Å². The number of halogens is 2. The highest BCUT2D eigenvalue weighted by atomic mass is 19.1. The molecule has 2 aromatic carbocycles. The average Bonchev–Trinajstić information content (AvgIpc) is 2.38. The molecule has 2 aromatic rings. The second kappa shape index (κ2) is 4.29. The SMILES string of the molecule is Fc1ccc(N2COc3ccc(F)cc3C2)cc1. The largest absolute Gasteiger partial charge is 0.473 e. The van der Waals surface area contributed by atoms with E-state index in [0.29, 0.717) is 19.0 Å². The summed E-state index contributed by atoms with van der Waals surface area (Å²) in [6.45, 7) is 0.934. The zero-order valence-electron chi connectivity index (χ0n) is 9.57. The molecule has 0 amide bonds. The van der Waals surface area contributed by atoms with E-state index < -0.39 is 0 Å². The fraction of sp³-hybridized carbons (Fsp3) is 0.143. The Labute approximate surface area is 103 Å². The molecule has 0 unspecified atom stereocenters. The summed E-state index contributed by atoms with van der Waals surface area (Å²) in [6.07, 6.45) is 0. The smallest absolute Gasteiger partial charge is 0.161 e. The number of hydrogen-bond donors (Lipinski definition) is 0. The van der Waals surface area contributed by atoms with E-state index >= 15 is 0 Å². The Balaban J connectivity index is 1.88. The summed E-state index contributed by atoms with van der Waals surface area (Å²) >= 11 is 0. The molecule has 0 fully saturated rings. The molecule has 92 valence electrons. The van der Waals surface area contributed by atoms with Crippen molar-refractivity contribution in [1.82, 2.24) is 0 Å². The monoisotopic (exact) mass is 247 g/mol. The summed E-state index contributed by atoms with van der Waals surface area (Å²) in [5.74, 6) is 0.149. The molecular weight excluding hydrogens is 236 g/mol. The van der Waals surface area contributed by atoms with Gasteiger partial charge in [0.05, 0.1) is 0 Å². The van der Waals surface area contributed by atoms with E-state index in [-0.39, 0.29) is 11.6 Å². The van der Waals surface area contributed by atoms with Crippen LogP contribution in [0.5, 0.6) is 5.75 Å². The normalized spacial score (nSPS) is 14.0. The van der Waals surface area contributed by atoms with Crippen LogP contribution < -0.4 is 9.64 Å². The molecule has 0 atom stereocenters. The predicted octanol–water partition coefficient (Wildman–Crippen LogP) is 3.32. The van der Waals surface area contributed by atoms with Gasteiger partial charge in [-0.2, -0.15) is 0 Å². The minimum Gasteiger partial charge on any atom is -0.473 e. The van der Waals surface area contributed by atoms with Gasteiger partial charge in [-0.05, 0) is 42.5 Å². The van der Waals surface area contributed by atoms with Gasteiger partial charge in [0.25, 0.3) is 0 Å². The van der Waals surface area contributed by atoms with E-state index in [9.17, 15) is 8.78 Å². The second-order valence-corrected chi connectivity index (χ2v) is 4.20. The van der Waals surface area contributed by atoms with Crippen LogP contribution in [0.4, 0.5) is 14.5 Å². The van der Waals surface area contributed by atoms with Crippen molar-refractivity contribution < 1.29 is 13.5 Å². The van der Waals surface area contributed by atoms with Crippen molar-refractivity contribution in [3.8, 4) is 5.75 Å². The third-order valence-corrected chi connectivity index (χ3v) is 2.95. The average molecular weight is 247 g/mol. The zero-order chi connectivity index (χ0) is 12.5. The second-order valence-electron chi connectivity index (χ2n) is 4.20. The molecule has 0 radical (unpaired) electrons. The van der Waals surface area contributed by atoms with Gasteiger partial charge in [0.2, 0.25) is 0 Å². The van der Waals surface area contributed by atoms with Crippen LogP contribution in [0.3, 0.4) is 0 Å². The van der Waals surface area contributed by atoms with Crippen LogP contribution in [0.2, 0.25) is 0 Å². The summed E-state index contributed by atoms with van der Waals surface area (Å²) in [5.41, 5.74) is 1.65. The number of hydrogen-bond acceptors (Lipinski definition) is 2. The van der Waals surface area contributed by atoms with E-state index in [1.165, 1.54) is 24.3 Å². The van der Waals surface area contributed by atoms with Crippen molar-refractivity contribution in [3.63, 3.8) is 0 Å². The van der Waals surface area contributed by atoms with Crippen molar-refractivity contribution in [2.24, 2.45) is 0 Å². The quantitative estimate of drug-likeness (QED) is 0.766. The van der Waals surface area contributed by atoms with Crippen LogP contribution in [0, 0.1) is 11.6 Å². The summed E-state index contributed by atoms with van der Waals surface area (Å²) in [7, 11) is 0. The number of anilines is 1. The highest BCUT2D eigenvalue weighted by molar-refractivity contribution is 5.49. The van der Waals surface area contributed by atoms with Gasteiger partial charge in [0.1, 0.15) is 17.4 Å². The molecular formula is C14H11F2NO. The maximum atomic E-state index is 13.2. The lowest BCUT2D eigenvalue weighted by molar-refractivity contribution is 0.288. The fourth-order valence-corrected chi connectivity index (χ4v) is 2.03. The van der Waals surface area contributed by atoms with Crippen LogP contribution in [0.15, 0.2) is 42.5 Å². The van der Waals surface area contributed by atoms with Gasteiger partial charge in [0, 0.05) is 17.8 Å². The van der Waals surface area contributed by atoms with Crippen molar-refractivity contribution in [1.29, 1.82) is 0 Å². The molecule has 1 heterocycles. The van der Waals surface area contributed by atoms with Crippen LogP contribution in [0.25, 0.3) is 0 Å². The Hall–Kier alpha value is -2.10. The molecule has 2 nitrogen and oxygen atoms in total. The van der Waals surface area contributed by atoms with Crippen molar-refractivity contribution in [2.45, 2.75) is 6.54 Å². The van der Waals surface area contributed by atoms with Gasteiger partial charge in [-0.25, -0.2) is 8.78 Å². The predicted molar refractivity (Wildman–Crippen MR) is 64.5 cm³/mol. The van der Waals surface area contributed by atoms with Gasteiger partial charge in [-0.1, -0.05) is 0 Å². The first-order chi connectivity index (χ1) is 8.72. The lowest BCUT2D eigenvalue weighted by atomic mass is 10.1. The fourth-order valence-electron chi connectivity index (χ4n) is 2.03. The number of benzene rings is 2. The molecule has 1 aliphatic heterocycles. The first kappa shape index (κ1) is 11.0. The lowest BCUT2D eigenvalue weighted by Crippen LogP contribution is -2.31. The molecule has 0 spiro atoms. The number of fused-ring (bicyclic) bond motifs is 1. The molecule has 0 saturated heterocycles. The van der Waals surface area contributed by atoms with E-state index in [1.807, 2.05) is 4.90 Å². The van der Waals surface area contributed by atoms with Crippen LogP contribution in [-0.4, -0.2) is 6.73 Å². The molecule has 4 heteroatoms. The maximum absolute atomic E-state index is 13.2. The van der Waals surface area contributed by atoms with Crippen LogP contribution in [-0.2, 0) is 6.54 Å². The van der Waals surface area contributed by atoms with Gasteiger partial charge in [-0.3, -0.25) is 0 Å². The Morgan fingerprint density at radius 2 is 1.67 bits per heavy atom. The van der Waals surface area contributed by atoms with E-state index in [4.69, 9.17) is 4.74 Å². The van der Waals surface area contributed by atoms with E-state index in [2.05, 4.69) is 0 Å².